The fourth-order valence-corrected chi connectivity index (χ4v) is 4.97. The molecule has 180 valence electrons. The molecule has 6 aromatic rings. The summed E-state index contributed by atoms with van der Waals surface area (Å²) in [6.45, 7) is 3.95. The van der Waals surface area contributed by atoms with Gasteiger partial charge >= 0.3 is 5.69 Å². The third-order valence-corrected chi connectivity index (χ3v) is 7.52. The van der Waals surface area contributed by atoms with Crippen LogP contribution >= 0.6 is 0 Å². The van der Waals surface area contributed by atoms with E-state index < -0.39 is 5.41 Å². The number of aryl methyl sites for hydroxylation is 1. The van der Waals surface area contributed by atoms with E-state index in [9.17, 15) is 10.1 Å². The Morgan fingerprint density at radius 2 is 1.68 bits per heavy atom. The van der Waals surface area contributed by atoms with Gasteiger partial charge in [0.1, 0.15) is 0 Å². The molecule has 0 N–H and O–H groups in total. The lowest BCUT2D eigenvalue weighted by molar-refractivity contribution is 0.587. The van der Waals surface area contributed by atoms with Crippen molar-refractivity contribution in [2.75, 3.05) is 0 Å². The Kier molecular flexibility index (Phi) is 5.16. The van der Waals surface area contributed by atoms with Gasteiger partial charge in [-0.15, -0.1) is 0 Å². The van der Waals surface area contributed by atoms with Crippen LogP contribution in [0, 0.1) is 11.3 Å². The fourth-order valence-electron chi connectivity index (χ4n) is 4.97. The highest BCUT2D eigenvalue weighted by molar-refractivity contribution is 6.04. The topological polar surface area (TPSA) is 76.5 Å². The van der Waals surface area contributed by atoms with Gasteiger partial charge in [0.25, 0.3) is 0 Å². The van der Waals surface area contributed by atoms with Crippen molar-refractivity contribution in [3.8, 4) is 22.9 Å². The van der Waals surface area contributed by atoms with Crippen molar-refractivity contribution in [3.63, 3.8) is 0 Å². The van der Waals surface area contributed by atoms with E-state index in [1.54, 1.807) is 22.4 Å². The summed E-state index contributed by atoms with van der Waals surface area (Å²) in [6, 6.07) is 26.5. The normalized spacial score (nSPS) is 13.1. The van der Waals surface area contributed by atoms with Gasteiger partial charge in [-0.3, -0.25) is 19.1 Å². The molecule has 0 amide bonds. The van der Waals surface area contributed by atoms with Gasteiger partial charge in [-0.25, -0.2) is 4.79 Å². The highest BCUT2D eigenvalue weighted by Crippen LogP contribution is 2.32. The molecule has 0 fully saturated rings. The summed E-state index contributed by atoms with van der Waals surface area (Å²) in [7, 11) is 1.77. The fraction of sp³-hybridized carbons (Fsp3) is 0.161. The number of hydrogen-bond donors (Lipinski definition) is 0. The monoisotopic (exact) mass is 483 g/mol. The van der Waals surface area contributed by atoms with Gasteiger partial charge in [0.05, 0.1) is 45.4 Å². The minimum atomic E-state index is -0.568. The van der Waals surface area contributed by atoms with Crippen LogP contribution in [0.3, 0.4) is 0 Å². The van der Waals surface area contributed by atoms with Crippen LogP contribution in [0.1, 0.15) is 25.8 Å². The van der Waals surface area contributed by atoms with Gasteiger partial charge in [0.2, 0.25) is 0 Å². The van der Waals surface area contributed by atoms with E-state index >= 15 is 0 Å². The zero-order valence-corrected chi connectivity index (χ0v) is 20.9. The number of fused-ring (bicyclic) bond motifs is 4. The highest BCUT2D eigenvalue weighted by Gasteiger charge is 2.24. The average molecular weight is 484 g/mol. The smallest absolute Gasteiger partial charge is 0.293 e. The van der Waals surface area contributed by atoms with Crippen LogP contribution < -0.4 is 5.69 Å². The molecule has 3 aromatic heterocycles. The van der Waals surface area contributed by atoms with Crippen LogP contribution in [-0.4, -0.2) is 19.1 Å². The van der Waals surface area contributed by atoms with Crippen LogP contribution in [0.15, 0.2) is 90.0 Å². The molecular weight excluding hydrogens is 458 g/mol. The predicted octanol–water partition coefficient (Wildman–Crippen LogP) is 6.28. The SMILES string of the molecule is CCC(C)(C#N)c1ccc(-n2c(=O)n(C)c3cnc4ccc(-c5cnc6ccccc6c5)cc4c32)cc1. The van der Waals surface area contributed by atoms with E-state index in [4.69, 9.17) is 0 Å². The number of aromatic nitrogens is 4. The Bertz CT molecular complexity index is 1920. The Morgan fingerprint density at radius 1 is 0.919 bits per heavy atom. The van der Waals surface area contributed by atoms with Crippen molar-refractivity contribution >= 4 is 32.8 Å². The summed E-state index contributed by atoms with van der Waals surface area (Å²) < 4.78 is 3.37. The molecule has 0 aliphatic heterocycles. The molecule has 0 aliphatic carbocycles. The maximum Gasteiger partial charge on any atom is 0.333 e. The molecule has 0 bridgehead atoms. The summed E-state index contributed by atoms with van der Waals surface area (Å²) in [5.41, 5.74) is 6.30. The summed E-state index contributed by atoms with van der Waals surface area (Å²) in [5, 5.41) is 11.7. The first-order valence-electron chi connectivity index (χ1n) is 12.3. The quantitative estimate of drug-likeness (QED) is 0.295. The summed E-state index contributed by atoms with van der Waals surface area (Å²) in [5.74, 6) is 0. The summed E-state index contributed by atoms with van der Waals surface area (Å²) in [6.07, 6.45) is 4.35. The van der Waals surface area contributed by atoms with Crippen LogP contribution in [0.25, 0.3) is 49.7 Å². The number of nitriles is 1. The molecular formula is C31H25N5O. The minimum Gasteiger partial charge on any atom is -0.293 e. The van der Waals surface area contributed by atoms with Gasteiger partial charge in [0, 0.05) is 29.6 Å². The number of para-hydroxylation sites is 1. The molecule has 3 aromatic carbocycles. The van der Waals surface area contributed by atoms with Crippen LogP contribution in [0.5, 0.6) is 0 Å². The molecule has 0 saturated heterocycles. The number of rotatable bonds is 4. The summed E-state index contributed by atoms with van der Waals surface area (Å²) >= 11 is 0. The van der Waals surface area contributed by atoms with Gasteiger partial charge < -0.3 is 0 Å². The van der Waals surface area contributed by atoms with E-state index in [1.807, 2.05) is 74.6 Å². The highest BCUT2D eigenvalue weighted by atomic mass is 16.1. The maximum atomic E-state index is 13.5. The van der Waals surface area contributed by atoms with Crippen molar-refractivity contribution in [2.45, 2.75) is 25.7 Å². The molecule has 6 rings (SSSR count). The second kappa shape index (κ2) is 8.42. The first-order chi connectivity index (χ1) is 17.9. The lowest BCUT2D eigenvalue weighted by Crippen LogP contribution is -2.21. The van der Waals surface area contributed by atoms with Crippen molar-refractivity contribution < 1.29 is 0 Å². The Labute approximate surface area is 214 Å². The predicted molar refractivity (Wildman–Crippen MR) is 148 cm³/mol. The summed E-state index contributed by atoms with van der Waals surface area (Å²) in [4.78, 5) is 22.7. The second-order valence-electron chi connectivity index (χ2n) is 9.66. The number of benzene rings is 3. The zero-order valence-electron chi connectivity index (χ0n) is 20.9. The molecule has 1 atom stereocenters. The molecule has 1 unspecified atom stereocenters. The van der Waals surface area contributed by atoms with Gasteiger partial charge in [-0.1, -0.05) is 43.3 Å². The first-order valence-corrected chi connectivity index (χ1v) is 12.3. The van der Waals surface area contributed by atoms with Crippen molar-refractivity contribution in [2.24, 2.45) is 7.05 Å². The third-order valence-electron chi connectivity index (χ3n) is 7.52. The standard InChI is InChI=1S/C31H25N5O/c1-4-31(2,19-32)23-10-12-24(13-11-23)36-29-25-16-20(22-15-21-7-5-6-8-26(21)33-17-22)9-14-27(25)34-18-28(29)35(3)30(36)37/h5-18H,4H2,1-3H3. The first kappa shape index (κ1) is 22.7. The van der Waals surface area contributed by atoms with E-state index in [2.05, 4.69) is 34.2 Å². The molecule has 6 heteroatoms. The lowest BCUT2D eigenvalue weighted by Gasteiger charge is -2.20. The number of imidazole rings is 1. The van der Waals surface area contributed by atoms with Crippen molar-refractivity contribution in [1.29, 1.82) is 5.26 Å². The molecule has 37 heavy (non-hydrogen) atoms. The Balaban J connectivity index is 1.58. The van der Waals surface area contributed by atoms with E-state index in [0.717, 1.165) is 55.2 Å². The zero-order chi connectivity index (χ0) is 25.7. The molecule has 6 nitrogen and oxygen atoms in total. The minimum absolute atomic E-state index is 0.145. The third kappa shape index (κ3) is 3.51. The molecule has 0 aliphatic rings. The average Bonchev–Trinajstić information content (AvgIpc) is 3.22. The largest absolute Gasteiger partial charge is 0.333 e. The lowest BCUT2D eigenvalue weighted by atomic mass is 9.81. The van der Waals surface area contributed by atoms with Gasteiger partial charge in [-0.05, 0) is 60.9 Å². The van der Waals surface area contributed by atoms with E-state index in [0.29, 0.717) is 6.42 Å². The number of pyridine rings is 2. The van der Waals surface area contributed by atoms with E-state index in [1.165, 1.54) is 0 Å². The van der Waals surface area contributed by atoms with Gasteiger partial charge in [0.15, 0.2) is 0 Å². The number of nitrogens with zero attached hydrogens (tertiary/aromatic N) is 5. The second-order valence-corrected chi connectivity index (χ2v) is 9.66. The maximum absolute atomic E-state index is 13.5. The number of hydrogen-bond acceptors (Lipinski definition) is 4. The Hall–Kier alpha value is -4.76. The Morgan fingerprint density at radius 3 is 2.43 bits per heavy atom. The molecule has 0 saturated carbocycles. The van der Waals surface area contributed by atoms with E-state index in [-0.39, 0.29) is 5.69 Å². The van der Waals surface area contributed by atoms with Crippen molar-refractivity contribution in [1.82, 2.24) is 19.1 Å². The molecule has 3 heterocycles. The van der Waals surface area contributed by atoms with Crippen molar-refractivity contribution in [3.05, 3.63) is 101 Å². The molecule has 0 radical (unpaired) electrons. The van der Waals surface area contributed by atoms with Crippen LogP contribution in [0.4, 0.5) is 0 Å². The van der Waals surface area contributed by atoms with Crippen LogP contribution in [-0.2, 0) is 12.5 Å². The molecule has 0 spiro atoms. The van der Waals surface area contributed by atoms with Crippen LogP contribution in [0.2, 0.25) is 0 Å². The van der Waals surface area contributed by atoms with Gasteiger partial charge in [-0.2, -0.15) is 5.26 Å².